The molecule has 0 aromatic carbocycles. The van der Waals surface area contributed by atoms with Gasteiger partial charge in [0, 0.05) is 37.9 Å². The molecule has 2 rings (SSSR count). The number of halogens is 2. The van der Waals surface area contributed by atoms with Gasteiger partial charge in [0.05, 0.1) is 6.54 Å². The summed E-state index contributed by atoms with van der Waals surface area (Å²) in [5, 5.41) is 0. The van der Waals surface area contributed by atoms with Crippen molar-refractivity contribution in [2.45, 2.75) is 0 Å². The summed E-state index contributed by atoms with van der Waals surface area (Å²) in [5.74, 6) is 0.164. The van der Waals surface area contributed by atoms with E-state index < -0.39 is 0 Å². The first kappa shape index (κ1) is 15.8. The highest BCUT2D eigenvalue weighted by atomic mass is 79.9. The van der Waals surface area contributed by atoms with E-state index in [1.807, 2.05) is 0 Å². The summed E-state index contributed by atoms with van der Waals surface area (Å²) < 4.78 is 0.710. The van der Waals surface area contributed by atoms with Crippen molar-refractivity contribution < 1.29 is 4.79 Å². The smallest absolute Gasteiger partial charge is 0.176 e. The van der Waals surface area contributed by atoms with E-state index in [9.17, 15) is 4.79 Å². The van der Waals surface area contributed by atoms with Crippen molar-refractivity contribution in [2.75, 3.05) is 39.8 Å². The number of nitrogens with zero attached hydrogens (tertiary/aromatic N) is 3. The number of likely N-dealkylation sites (N-methyl/N-ethyl adjacent to an activating group) is 1. The third-order valence-electron chi connectivity index (χ3n) is 3.01. The number of Topliss-reactive ketones (excluding diaryl/α,β-unsaturated/α-hetero) is 1. The molecule has 1 aliphatic heterocycles. The largest absolute Gasteiger partial charge is 0.304 e. The molecule has 0 radical (unpaired) electrons. The number of ketones is 1. The molecule has 1 saturated heterocycles. The standard InChI is InChI=1S/C12H16BrN3O.BrH/c1-15-4-6-16(7-5-15)9-11(17)10-2-3-14-12(13)8-10;/h2-3,8H,4-7,9H2,1H3;1H. The van der Waals surface area contributed by atoms with Crippen molar-refractivity contribution in [2.24, 2.45) is 0 Å². The Morgan fingerprint density at radius 1 is 1.39 bits per heavy atom. The number of hydrogen-bond acceptors (Lipinski definition) is 4. The lowest BCUT2D eigenvalue weighted by Gasteiger charge is -2.31. The molecule has 6 heteroatoms. The SMILES string of the molecule is Br.CN1CCN(CC(=O)c2ccnc(Br)c2)CC1. The predicted molar refractivity (Wildman–Crippen MR) is 80.5 cm³/mol. The molecule has 0 unspecified atom stereocenters. The fourth-order valence-corrected chi connectivity index (χ4v) is 2.24. The first-order valence-corrected chi connectivity index (χ1v) is 6.50. The number of aromatic nitrogens is 1. The molecule has 0 spiro atoms. The lowest BCUT2D eigenvalue weighted by molar-refractivity contribution is 0.0876. The Balaban J connectivity index is 0.00000162. The van der Waals surface area contributed by atoms with Gasteiger partial charge in [-0.05, 0) is 35.1 Å². The van der Waals surface area contributed by atoms with Gasteiger partial charge in [-0.15, -0.1) is 17.0 Å². The molecule has 18 heavy (non-hydrogen) atoms. The van der Waals surface area contributed by atoms with E-state index in [0.717, 1.165) is 31.7 Å². The number of carbonyl (C=O) groups excluding carboxylic acids is 1. The highest BCUT2D eigenvalue weighted by Gasteiger charge is 2.17. The topological polar surface area (TPSA) is 36.4 Å². The Kier molecular flexibility index (Phi) is 6.42. The Labute approximate surface area is 126 Å². The summed E-state index contributed by atoms with van der Waals surface area (Å²) >= 11 is 3.28. The fraction of sp³-hybridized carbons (Fsp3) is 0.500. The zero-order valence-electron chi connectivity index (χ0n) is 10.3. The van der Waals surface area contributed by atoms with Crippen LogP contribution in [0.5, 0.6) is 0 Å². The van der Waals surface area contributed by atoms with Crippen LogP contribution in [0.1, 0.15) is 10.4 Å². The van der Waals surface area contributed by atoms with Gasteiger partial charge in [-0.2, -0.15) is 0 Å². The maximum atomic E-state index is 12.0. The van der Waals surface area contributed by atoms with E-state index in [0.29, 0.717) is 11.1 Å². The Bertz CT molecular complexity index is 406. The highest BCUT2D eigenvalue weighted by Crippen LogP contribution is 2.10. The van der Waals surface area contributed by atoms with Gasteiger partial charge in [-0.1, -0.05) is 0 Å². The van der Waals surface area contributed by atoms with Crippen molar-refractivity contribution in [3.8, 4) is 0 Å². The summed E-state index contributed by atoms with van der Waals surface area (Å²) in [5.41, 5.74) is 0.728. The Morgan fingerprint density at radius 3 is 2.67 bits per heavy atom. The Morgan fingerprint density at radius 2 is 2.06 bits per heavy atom. The molecule has 1 aromatic rings. The van der Waals surface area contributed by atoms with Crippen molar-refractivity contribution in [1.82, 2.24) is 14.8 Å². The molecule has 0 amide bonds. The molecule has 0 atom stereocenters. The van der Waals surface area contributed by atoms with Gasteiger partial charge < -0.3 is 4.90 Å². The number of rotatable bonds is 3. The molecule has 1 aromatic heterocycles. The average molecular weight is 379 g/mol. The molecule has 0 saturated carbocycles. The number of piperazine rings is 1. The molecule has 100 valence electrons. The van der Waals surface area contributed by atoms with Gasteiger partial charge in [0.25, 0.3) is 0 Å². The summed E-state index contributed by atoms with van der Waals surface area (Å²) in [6, 6.07) is 3.54. The van der Waals surface area contributed by atoms with E-state index in [1.54, 1.807) is 18.3 Å². The zero-order valence-corrected chi connectivity index (χ0v) is 13.6. The lowest BCUT2D eigenvalue weighted by atomic mass is 10.1. The van der Waals surface area contributed by atoms with Crippen molar-refractivity contribution in [3.63, 3.8) is 0 Å². The van der Waals surface area contributed by atoms with E-state index in [2.05, 4.69) is 37.8 Å². The Hall–Kier alpha value is -0.300. The highest BCUT2D eigenvalue weighted by molar-refractivity contribution is 9.10. The van der Waals surface area contributed by atoms with E-state index in [4.69, 9.17) is 0 Å². The van der Waals surface area contributed by atoms with E-state index in [1.165, 1.54) is 0 Å². The minimum Gasteiger partial charge on any atom is -0.304 e. The van der Waals surface area contributed by atoms with Gasteiger partial charge in [-0.3, -0.25) is 9.69 Å². The average Bonchev–Trinajstić information content (AvgIpc) is 2.32. The van der Waals surface area contributed by atoms with Gasteiger partial charge in [0.2, 0.25) is 0 Å². The molecule has 0 N–H and O–H groups in total. The molecule has 1 fully saturated rings. The van der Waals surface area contributed by atoms with Crippen LogP contribution in [-0.4, -0.2) is 60.3 Å². The third-order valence-corrected chi connectivity index (χ3v) is 3.45. The normalized spacial score (nSPS) is 17.2. The van der Waals surface area contributed by atoms with Gasteiger partial charge in [0.15, 0.2) is 5.78 Å². The van der Waals surface area contributed by atoms with Crippen LogP contribution in [0.2, 0.25) is 0 Å². The summed E-state index contributed by atoms with van der Waals surface area (Å²) in [6.07, 6.45) is 1.65. The van der Waals surface area contributed by atoms with Crippen LogP contribution in [0, 0.1) is 0 Å². The minimum atomic E-state index is 0. The number of hydrogen-bond donors (Lipinski definition) is 0. The first-order valence-electron chi connectivity index (χ1n) is 5.71. The molecular weight excluding hydrogens is 362 g/mol. The molecule has 4 nitrogen and oxygen atoms in total. The molecule has 0 aliphatic carbocycles. The van der Waals surface area contributed by atoms with Crippen molar-refractivity contribution in [3.05, 3.63) is 28.5 Å². The van der Waals surface area contributed by atoms with E-state index in [-0.39, 0.29) is 22.8 Å². The molecular formula is C12H17Br2N3O. The van der Waals surface area contributed by atoms with Gasteiger partial charge in [0.1, 0.15) is 4.60 Å². The first-order chi connectivity index (χ1) is 8.15. The maximum Gasteiger partial charge on any atom is 0.176 e. The monoisotopic (exact) mass is 377 g/mol. The molecule has 1 aliphatic rings. The summed E-state index contributed by atoms with van der Waals surface area (Å²) in [6.45, 7) is 4.51. The number of pyridine rings is 1. The maximum absolute atomic E-state index is 12.0. The second-order valence-corrected chi connectivity index (χ2v) is 5.18. The molecule has 0 bridgehead atoms. The third kappa shape index (κ3) is 4.42. The summed E-state index contributed by atoms with van der Waals surface area (Å²) in [7, 11) is 2.11. The number of carbonyl (C=O) groups is 1. The minimum absolute atomic E-state index is 0. The fourth-order valence-electron chi connectivity index (χ4n) is 1.88. The zero-order chi connectivity index (χ0) is 12.3. The molecule has 2 heterocycles. The quantitative estimate of drug-likeness (QED) is 0.594. The van der Waals surface area contributed by atoms with Crippen LogP contribution in [-0.2, 0) is 0 Å². The van der Waals surface area contributed by atoms with Crippen LogP contribution in [0.4, 0.5) is 0 Å². The van der Waals surface area contributed by atoms with Crippen LogP contribution in [0.3, 0.4) is 0 Å². The lowest BCUT2D eigenvalue weighted by Crippen LogP contribution is -2.46. The predicted octanol–water partition coefficient (Wildman–Crippen LogP) is 1.85. The van der Waals surface area contributed by atoms with Crippen LogP contribution >= 0.6 is 32.9 Å². The van der Waals surface area contributed by atoms with Crippen molar-refractivity contribution >= 4 is 38.7 Å². The second kappa shape index (κ2) is 7.33. The summed E-state index contributed by atoms with van der Waals surface area (Å²) in [4.78, 5) is 20.6. The van der Waals surface area contributed by atoms with Crippen LogP contribution in [0.25, 0.3) is 0 Å². The van der Waals surface area contributed by atoms with Crippen LogP contribution < -0.4 is 0 Å². The van der Waals surface area contributed by atoms with Gasteiger partial charge in [-0.25, -0.2) is 4.98 Å². The van der Waals surface area contributed by atoms with Gasteiger partial charge >= 0.3 is 0 Å². The second-order valence-electron chi connectivity index (χ2n) is 4.37. The van der Waals surface area contributed by atoms with E-state index >= 15 is 0 Å². The van der Waals surface area contributed by atoms with Crippen molar-refractivity contribution in [1.29, 1.82) is 0 Å². The van der Waals surface area contributed by atoms with Crippen LogP contribution in [0.15, 0.2) is 22.9 Å².